The molecule has 2 aromatic carbocycles. The SMILES string of the molecule is Cc1nc(COc2ccc(C(=O)OCc3coc(-c4ccccc4)n3)cc2)no1. The summed E-state index contributed by atoms with van der Waals surface area (Å²) < 4.78 is 21.2. The number of carbonyl (C=O) groups is 1. The first-order chi connectivity index (χ1) is 14.2. The molecule has 2 aromatic heterocycles. The highest BCUT2D eigenvalue weighted by atomic mass is 16.5. The lowest BCUT2D eigenvalue weighted by Gasteiger charge is -2.05. The molecule has 8 nitrogen and oxygen atoms in total. The van der Waals surface area contributed by atoms with Gasteiger partial charge < -0.3 is 18.4 Å². The van der Waals surface area contributed by atoms with Gasteiger partial charge in [0.1, 0.15) is 24.3 Å². The number of hydrogen-bond acceptors (Lipinski definition) is 8. The summed E-state index contributed by atoms with van der Waals surface area (Å²) >= 11 is 0. The number of esters is 1. The molecule has 0 unspecified atom stereocenters. The quantitative estimate of drug-likeness (QED) is 0.436. The van der Waals surface area contributed by atoms with Crippen LogP contribution in [0.4, 0.5) is 0 Å². The first kappa shape index (κ1) is 18.4. The summed E-state index contributed by atoms with van der Waals surface area (Å²) in [6, 6.07) is 16.1. The lowest BCUT2D eigenvalue weighted by Crippen LogP contribution is -2.05. The van der Waals surface area contributed by atoms with E-state index in [1.165, 1.54) is 6.26 Å². The van der Waals surface area contributed by atoms with Gasteiger partial charge >= 0.3 is 5.97 Å². The van der Waals surface area contributed by atoms with Crippen molar-refractivity contribution >= 4 is 5.97 Å². The van der Waals surface area contributed by atoms with E-state index in [-0.39, 0.29) is 13.2 Å². The summed E-state index contributed by atoms with van der Waals surface area (Å²) in [7, 11) is 0. The molecule has 0 aliphatic rings. The molecule has 0 saturated heterocycles. The summed E-state index contributed by atoms with van der Waals surface area (Å²) in [6.07, 6.45) is 1.48. The van der Waals surface area contributed by atoms with Crippen LogP contribution in [0.2, 0.25) is 0 Å². The minimum absolute atomic E-state index is 0.0185. The monoisotopic (exact) mass is 391 g/mol. The van der Waals surface area contributed by atoms with Crippen LogP contribution in [0.15, 0.2) is 69.8 Å². The number of hydrogen-bond donors (Lipinski definition) is 0. The molecule has 4 aromatic rings. The number of oxazole rings is 1. The molecule has 8 heteroatoms. The van der Waals surface area contributed by atoms with Gasteiger partial charge in [0.25, 0.3) is 0 Å². The summed E-state index contributed by atoms with van der Waals surface area (Å²) in [6.45, 7) is 1.90. The largest absolute Gasteiger partial charge is 0.485 e. The molecule has 0 radical (unpaired) electrons. The zero-order valence-corrected chi connectivity index (χ0v) is 15.6. The fourth-order valence-corrected chi connectivity index (χ4v) is 2.54. The van der Waals surface area contributed by atoms with Crippen LogP contribution in [0.3, 0.4) is 0 Å². The van der Waals surface area contributed by atoms with Gasteiger partial charge in [-0.3, -0.25) is 0 Å². The first-order valence-corrected chi connectivity index (χ1v) is 8.86. The highest BCUT2D eigenvalue weighted by Gasteiger charge is 2.11. The summed E-state index contributed by atoms with van der Waals surface area (Å²) in [5, 5.41) is 3.75. The summed E-state index contributed by atoms with van der Waals surface area (Å²) in [5.74, 6) is 1.52. The third-order valence-electron chi connectivity index (χ3n) is 3.95. The minimum Gasteiger partial charge on any atom is -0.485 e. The van der Waals surface area contributed by atoms with Crippen molar-refractivity contribution in [1.29, 1.82) is 0 Å². The number of benzene rings is 2. The van der Waals surface area contributed by atoms with Crippen LogP contribution in [-0.2, 0) is 18.0 Å². The Labute approximate surface area is 166 Å². The van der Waals surface area contributed by atoms with E-state index in [9.17, 15) is 4.79 Å². The van der Waals surface area contributed by atoms with Crippen LogP contribution in [0.25, 0.3) is 11.5 Å². The average Bonchev–Trinajstić information content (AvgIpc) is 3.40. The number of nitrogens with zero attached hydrogens (tertiary/aromatic N) is 3. The number of rotatable bonds is 7. The van der Waals surface area contributed by atoms with Gasteiger partial charge in [0, 0.05) is 12.5 Å². The van der Waals surface area contributed by atoms with Crippen molar-refractivity contribution in [3.05, 3.63) is 83.8 Å². The molecule has 0 spiro atoms. The maximum absolute atomic E-state index is 12.2. The molecular weight excluding hydrogens is 374 g/mol. The van der Waals surface area contributed by atoms with Gasteiger partial charge in [-0.1, -0.05) is 23.4 Å². The Morgan fingerprint density at radius 1 is 1.00 bits per heavy atom. The molecule has 0 aliphatic heterocycles. The van der Waals surface area contributed by atoms with Gasteiger partial charge in [0.2, 0.25) is 17.6 Å². The van der Waals surface area contributed by atoms with Crippen LogP contribution in [0.5, 0.6) is 5.75 Å². The van der Waals surface area contributed by atoms with Crippen molar-refractivity contribution in [2.45, 2.75) is 20.1 Å². The normalized spacial score (nSPS) is 10.7. The zero-order valence-electron chi connectivity index (χ0n) is 15.6. The Kier molecular flexibility index (Phi) is 5.33. The van der Waals surface area contributed by atoms with Gasteiger partial charge in [-0.05, 0) is 36.4 Å². The number of ether oxygens (including phenoxy) is 2. The van der Waals surface area contributed by atoms with Crippen molar-refractivity contribution in [2.24, 2.45) is 0 Å². The number of aryl methyl sites for hydroxylation is 1. The van der Waals surface area contributed by atoms with Crippen molar-refractivity contribution < 1.29 is 23.2 Å². The fraction of sp³-hybridized carbons (Fsp3) is 0.143. The van der Waals surface area contributed by atoms with Crippen LogP contribution < -0.4 is 4.74 Å². The molecule has 0 atom stereocenters. The maximum atomic E-state index is 12.2. The Balaban J connectivity index is 1.30. The van der Waals surface area contributed by atoms with E-state index in [1.54, 1.807) is 31.2 Å². The molecule has 0 aliphatic carbocycles. The Morgan fingerprint density at radius 2 is 1.79 bits per heavy atom. The smallest absolute Gasteiger partial charge is 0.338 e. The standard InChI is InChI=1S/C21H17N3O5/c1-14-22-19(24-29-14)13-26-18-9-7-16(8-10-18)21(25)28-12-17-11-27-20(23-17)15-5-3-2-4-6-15/h2-11H,12-13H2,1H3. The number of carbonyl (C=O) groups excluding carboxylic acids is 1. The second-order valence-electron chi connectivity index (χ2n) is 6.13. The fourth-order valence-electron chi connectivity index (χ4n) is 2.54. The van der Waals surface area contributed by atoms with E-state index in [0.29, 0.717) is 34.6 Å². The van der Waals surface area contributed by atoms with Gasteiger partial charge in [0.15, 0.2) is 6.61 Å². The molecule has 0 saturated carbocycles. The second kappa shape index (κ2) is 8.39. The van der Waals surface area contributed by atoms with Crippen molar-refractivity contribution in [2.75, 3.05) is 0 Å². The van der Waals surface area contributed by atoms with Gasteiger partial charge in [-0.15, -0.1) is 0 Å². The van der Waals surface area contributed by atoms with Crippen LogP contribution in [0, 0.1) is 6.92 Å². The molecule has 0 amide bonds. The van der Waals surface area contributed by atoms with E-state index in [0.717, 1.165) is 5.56 Å². The second-order valence-corrected chi connectivity index (χ2v) is 6.13. The minimum atomic E-state index is -0.463. The van der Waals surface area contributed by atoms with E-state index < -0.39 is 5.97 Å². The van der Waals surface area contributed by atoms with Crippen molar-refractivity contribution in [3.63, 3.8) is 0 Å². The van der Waals surface area contributed by atoms with Gasteiger partial charge in [-0.25, -0.2) is 9.78 Å². The molecular formula is C21H17N3O5. The van der Waals surface area contributed by atoms with E-state index in [1.807, 2.05) is 30.3 Å². The van der Waals surface area contributed by atoms with Crippen LogP contribution in [-0.4, -0.2) is 21.1 Å². The average molecular weight is 391 g/mol. The Hall–Kier alpha value is -3.94. The van der Waals surface area contributed by atoms with Crippen molar-refractivity contribution in [1.82, 2.24) is 15.1 Å². The highest BCUT2D eigenvalue weighted by Crippen LogP contribution is 2.19. The molecule has 4 rings (SSSR count). The third-order valence-corrected chi connectivity index (χ3v) is 3.95. The third kappa shape index (κ3) is 4.67. The molecule has 2 heterocycles. The molecule has 29 heavy (non-hydrogen) atoms. The van der Waals surface area contributed by atoms with Gasteiger partial charge in [-0.2, -0.15) is 4.98 Å². The van der Waals surface area contributed by atoms with E-state index in [2.05, 4.69) is 15.1 Å². The molecule has 0 fully saturated rings. The molecule has 0 N–H and O–H groups in total. The van der Waals surface area contributed by atoms with Crippen LogP contribution >= 0.6 is 0 Å². The Bertz CT molecular complexity index is 1090. The maximum Gasteiger partial charge on any atom is 0.338 e. The lowest BCUT2D eigenvalue weighted by atomic mass is 10.2. The predicted octanol–water partition coefficient (Wildman–Crippen LogP) is 3.97. The number of aromatic nitrogens is 3. The lowest BCUT2D eigenvalue weighted by molar-refractivity contribution is 0.0467. The zero-order chi connectivity index (χ0) is 20.1. The summed E-state index contributed by atoms with van der Waals surface area (Å²) in [5.41, 5.74) is 1.80. The Morgan fingerprint density at radius 3 is 2.52 bits per heavy atom. The predicted molar refractivity (Wildman–Crippen MR) is 101 cm³/mol. The van der Waals surface area contributed by atoms with Crippen LogP contribution in [0.1, 0.15) is 27.8 Å². The topological polar surface area (TPSA) is 100 Å². The van der Waals surface area contributed by atoms with Gasteiger partial charge in [0.05, 0.1) is 5.56 Å². The summed E-state index contributed by atoms with van der Waals surface area (Å²) in [4.78, 5) is 20.6. The first-order valence-electron chi connectivity index (χ1n) is 8.86. The highest BCUT2D eigenvalue weighted by molar-refractivity contribution is 5.89. The van der Waals surface area contributed by atoms with Crippen molar-refractivity contribution in [3.8, 4) is 17.2 Å². The molecule has 0 bridgehead atoms. The van der Waals surface area contributed by atoms with E-state index >= 15 is 0 Å². The van der Waals surface area contributed by atoms with E-state index in [4.69, 9.17) is 18.4 Å². The molecule has 146 valence electrons.